The quantitative estimate of drug-likeness (QED) is 0.721. The molecule has 27 heavy (non-hydrogen) atoms. The lowest BCUT2D eigenvalue weighted by atomic mass is 9.86. The van der Waals surface area contributed by atoms with Crippen LogP contribution in [0.15, 0.2) is 36.4 Å². The van der Waals surface area contributed by atoms with Crippen LogP contribution in [0.2, 0.25) is 0 Å². The molecule has 0 aliphatic carbocycles. The number of ether oxygens (including phenoxy) is 1. The fourth-order valence-corrected chi connectivity index (χ4v) is 4.75. The van der Waals surface area contributed by atoms with Crippen molar-refractivity contribution in [2.24, 2.45) is 5.92 Å². The third-order valence-corrected chi connectivity index (χ3v) is 6.28. The molecule has 2 aromatic rings. The van der Waals surface area contributed by atoms with E-state index in [9.17, 15) is 9.18 Å². The number of anilines is 1. The maximum atomic E-state index is 13.7. The molecule has 7 heteroatoms. The molecule has 0 N–H and O–H groups in total. The van der Waals surface area contributed by atoms with E-state index in [-0.39, 0.29) is 30.4 Å². The third kappa shape index (κ3) is 4.62. The molecule has 3 fully saturated rings. The minimum Gasteiger partial charge on any atom is -0.444 e. The van der Waals surface area contributed by atoms with Gasteiger partial charge >= 0.3 is 6.09 Å². The van der Waals surface area contributed by atoms with Crippen LogP contribution in [0.5, 0.6) is 0 Å². The Hall–Kier alpha value is -1.63. The van der Waals surface area contributed by atoms with Crippen LogP contribution >= 0.6 is 23.7 Å². The van der Waals surface area contributed by atoms with Crippen molar-refractivity contribution in [3.05, 3.63) is 52.0 Å². The van der Waals surface area contributed by atoms with E-state index in [0.717, 1.165) is 37.4 Å². The van der Waals surface area contributed by atoms with Crippen molar-refractivity contribution in [3.8, 4) is 0 Å². The number of rotatable bonds is 4. The minimum absolute atomic E-state index is 0. The maximum Gasteiger partial charge on any atom is 0.414 e. The van der Waals surface area contributed by atoms with Gasteiger partial charge < -0.3 is 4.74 Å². The molecule has 0 spiro atoms. The van der Waals surface area contributed by atoms with Gasteiger partial charge in [-0.1, -0.05) is 6.07 Å². The topological polar surface area (TPSA) is 32.8 Å². The zero-order valence-corrected chi connectivity index (χ0v) is 16.9. The molecular formula is C20H24ClFN2O2S. The maximum absolute atomic E-state index is 13.7. The van der Waals surface area contributed by atoms with Crippen molar-refractivity contribution < 1.29 is 13.9 Å². The minimum atomic E-state index is -0.389. The summed E-state index contributed by atoms with van der Waals surface area (Å²) in [5.41, 5.74) is 0.530. The van der Waals surface area contributed by atoms with Crippen LogP contribution < -0.4 is 4.90 Å². The van der Waals surface area contributed by atoms with Gasteiger partial charge in [0.15, 0.2) is 0 Å². The fraction of sp³-hybridized carbons (Fsp3) is 0.450. The van der Waals surface area contributed by atoms with E-state index < -0.39 is 0 Å². The summed E-state index contributed by atoms with van der Waals surface area (Å²) >= 11 is 1.64. The van der Waals surface area contributed by atoms with Gasteiger partial charge in [0.05, 0.1) is 12.2 Å². The Bertz CT molecular complexity index is 792. The SMILES string of the molecule is Cc1ccc(CN(C(=O)O[C@H]2CN3CCC2CC3)c2cccc(F)c2)s1.Cl. The molecule has 3 saturated heterocycles. The molecule has 1 aromatic carbocycles. The first-order valence-corrected chi connectivity index (χ1v) is 9.91. The second-order valence-corrected chi connectivity index (χ2v) is 8.51. The summed E-state index contributed by atoms with van der Waals surface area (Å²) < 4.78 is 19.6. The number of carbonyl (C=O) groups excluding carboxylic acids is 1. The Morgan fingerprint density at radius 3 is 2.67 bits per heavy atom. The average molecular weight is 411 g/mol. The molecule has 4 heterocycles. The molecule has 4 nitrogen and oxygen atoms in total. The predicted octanol–water partition coefficient (Wildman–Crippen LogP) is 4.85. The van der Waals surface area contributed by atoms with Crippen molar-refractivity contribution in [2.45, 2.75) is 32.4 Å². The van der Waals surface area contributed by atoms with Crippen molar-refractivity contribution in [3.63, 3.8) is 0 Å². The van der Waals surface area contributed by atoms with Crippen molar-refractivity contribution >= 4 is 35.5 Å². The van der Waals surface area contributed by atoms with E-state index in [0.29, 0.717) is 18.2 Å². The number of fused-ring (bicyclic) bond motifs is 3. The first-order chi connectivity index (χ1) is 12.6. The van der Waals surface area contributed by atoms with Gasteiger partial charge in [0, 0.05) is 16.3 Å². The molecule has 146 valence electrons. The Morgan fingerprint density at radius 1 is 1.30 bits per heavy atom. The van der Waals surface area contributed by atoms with Crippen molar-refractivity contribution in [1.82, 2.24) is 4.90 Å². The number of aryl methyl sites for hydroxylation is 1. The van der Waals surface area contributed by atoms with E-state index in [1.165, 1.54) is 17.0 Å². The number of halogens is 2. The Morgan fingerprint density at radius 2 is 2.07 bits per heavy atom. The summed E-state index contributed by atoms with van der Waals surface area (Å²) in [6.45, 7) is 5.43. The second kappa shape index (κ2) is 8.59. The van der Waals surface area contributed by atoms with E-state index in [1.54, 1.807) is 28.4 Å². The monoisotopic (exact) mass is 410 g/mol. The molecule has 1 atom stereocenters. The summed E-state index contributed by atoms with van der Waals surface area (Å²) in [5, 5.41) is 0. The number of thiophene rings is 1. The number of amides is 1. The van der Waals surface area contributed by atoms with Gasteiger partial charge in [-0.3, -0.25) is 9.80 Å². The molecule has 0 radical (unpaired) electrons. The van der Waals surface area contributed by atoms with E-state index >= 15 is 0 Å². The molecule has 0 saturated carbocycles. The van der Waals surface area contributed by atoms with Crippen molar-refractivity contribution in [2.75, 3.05) is 24.5 Å². The number of benzene rings is 1. The van der Waals surface area contributed by atoms with Crippen molar-refractivity contribution in [1.29, 1.82) is 0 Å². The molecule has 0 unspecified atom stereocenters. The second-order valence-electron chi connectivity index (χ2n) is 7.14. The fourth-order valence-electron chi connectivity index (χ4n) is 3.87. The largest absolute Gasteiger partial charge is 0.444 e. The molecule has 1 aromatic heterocycles. The first-order valence-electron chi connectivity index (χ1n) is 9.10. The first kappa shape index (κ1) is 20.1. The predicted molar refractivity (Wildman–Crippen MR) is 108 cm³/mol. The highest BCUT2D eigenvalue weighted by Gasteiger charge is 2.37. The summed E-state index contributed by atoms with van der Waals surface area (Å²) in [6.07, 6.45) is 1.72. The molecule has 5 rings (SSSR count). The smallest absolute Gasteiger partial charge is 0.414 e. The van der Waals surface area contributed by atoms with E-state index in [4.69, 9.17) is 4.74 Å². The van der Waals surface area contributed by atoms with E-state index in [1.807, 2.05) is 19.1 Å². The number of hydrogen-bond acceptors (Lipinski definition) is 4. The standard InChI is InChI=1S/C20H23FN2O2S.ClH/c1-14-5-6-18(26-14)12-23(17-4-2-3-16(21)11-17)20(24)25-19-13-22-9-7-15(19)8-10-22;/h2-6,11,15,19H,7-10,12-13H2,1H3;1H/t19-;/m0./s1. The average Bonchev–Trinajstić information content (AvgIpc) is 3.05. The molecule has 3 aliphatic rings. The van der Waals surface area contributed by atoms with Gasteiger partial charge in [-0.2, -0.15) is 0 Å². The summed E-state index contributed by atoms with van der Waals surface area (Å²) in [4.78, 5) is 19.1. The van der Waals surface area contributed by atoms with Gasteiger partial charge in [0.1, 0.15) is 11.9 Å². The summed E-state index contributed by atoms with van der Waals surface area (Å²) in [6, 6.07) is 10.2. The molecule has 3 aliphatic heterocycles. The number of piperidine rings is 3. The number of nitrogens with zero attached hydrogens (tertiary/aromatic N) is 2. The lowest BCUT2D eigenvalue weighted by Gasteiger charge is -2.44. The van der Waals surface area contributed by atoms with Crippen LogP contribution in [-0.4, -0.2) is 36.7 Å². The van der Waals surface area contributed by atoms with Gasteiger partial charge in [-0.25, -0.2) is 9.18 Å². The highest BCUT2D eigenvalue weighted by molar-refractivity contribution is 7.11. The van der Waals surface area contributed by atoms with Gasteiger partial charge in [-0.15, -0.1) is 23.7 Å². The lowest BCUT2D eigenvalue weighted by molar-refractivity contribution is -0.0311. The van der Waals surface area contributed by atoms with Gasteiger partial charge in [-0.05, 0) is 69.1 Å². The van der Waals surface area contributed by atoms with Crippen LogP contribution in [0.25, 0.3) is 0 Å². The van der Waals surface area contributed by atoms with E-state index in [2.05, 4.69) is 4.90 Å². The van der Waals surface area contributed by atoms with Crippen LogP contribution in [-0.2, 0) is 11.3 Å². The van der Waals surface area contributed by atoms with Crippen LogP contribution in [0.4, 0.5) is 14.9 Å². The Balaban J connectivity index is 0.00000210. The highest BCUT2D eigenvalue weighted by Crippen LogP contribution is 2.31. The molecular weight excluding hydrogens is 387 g/mol. The molecule has 2 bridgehead atoms. The Labute approximate surface area is 169 Å². The van der Waals surface area contributed by atoms with Gasteiger partial charge in [0.25, 0.3) is 0 Å². The van der Waals surface area contributed by atoms with Gasteiger partial charge in [0.2, 0.25) is 0 Å². The zero-order valence-electron chi connectivity index (χ0n) is 15.3. The zero-order chi connectivity index (χ0) is 18.1. The summed E-state index contributed by atoms with van der Waals surface area (Å²) in [7, 11) is 0. The van der Waals surface area contributed by atoms with Crippen LogP contribution in [0.3, 0.4) is 0 Å². The lowest BCUT2D eigenvalue weighted by Crippen LogP contribution is -2.53. The number of carbonyl (C=O) groups is 1. The molecule has 1 amide bonds. The van der Waals surface area contributed by atoms with Crippen LogP contribution in [0.1, 0.15) is 22.6 Å². The van der Waals surface area contributed by atoms with Crippen LogP contribution in [0, 0.1) is 18.7 Å². The normalized spacial score (nSPS) is 23.6. The highest BCUT2D eigenvalue weighted by atomic mass is 35.5. The Kier molecular flexibility index (Phi) is 6.40. The third-order valence-electron chi connectivity index (χ3n) is 5.30. The number of hydrogen-bond donors (Lipinski definition) is 0. The summed E-state index contributed by atoms with van der Waals surface area (Å²) in [5.74, 6) is 0.0905.